The van der Waals surface area contributed by atoms with Gasteiger partial charge in [-0.25, -0.2) is 14.4 Å². The Kier molecular flexibility index (Phi) is 17.1. The van der Waals surface area contributed by atoms with Crippen molar-refractivity contribution in [1.82, 2.24) is 0 Å². The van der Waals surface area contributed by atoms with Crippen molar-refractivity contribution in [3.8, 4) is 5.75 Å². The van der Waals surface area contributed by atoms with Gasteiger partial charge < -0.3 is 52.1 Å². The SMILES string of the molecule is COc1ccc(C=N[C@H]2[C@@H](OC[C@H]3O[C@H](OC)[C@H](OC(=O)c4ccccc4)[C@@H](OC(=O)c4ccccc4)[C@@H]3OC(=O)c3ccccc3)O[C@H](COC(C)=O)[C@@H](OC(C)=O)[C@@H]2OC(C)=O)cc1. The Labute approximate surface area is 379 Å². The van der Waals surface area contributed by atoms with Gasteiger partial charge >= 0.3 is 35.8 Å². The van der Waals surface area contributed by atoms with E-state index in [0.29, 0.717) is 11.3 Å². The molecule has 2 aliphatic heterocycles. The summed E-state index contributed by atoms with van der Waals surface area (Å²) in [6, 6.07) is 29.4. The van der Waals surface area contributed by atoms with Crippen molar-refractivity contribution in [1.29, 1.82) is 0 Å². The van der Waals surface area contributed by atoms with E-state index in [0.717, 1.165) is 20.8 Å². The number of hydrogen-bond acceptors (Lipinski definition) is 18. The first kappa shape index (κ1) is 48.5. The van der Waals surface area contributed by atoms with Crippen LogP contribution in [0.3, 0.4) is 0 Å². The van der Waals surface area contributed by atoms with Crippen molar-refractivity contribution in [3.63, 3.8) is 0 Å². The third-order valence-electron chi connectivity index (χ3n) is 10.2. The maximum absolute atomic E-state index is 13.9. The van der Waals surface area contributed by atoms with Gasteiger partial charge in [0, 0.05) is 34.1 Å². The topological polar surface area (TPSA) is 216 Å². The Morgan fingerprint density at radius 3 is 1.45 bits per heavy atom. The highest BCUT2D eigenvalue weighted by Crippen LogP contribution is 2.34. The lowest BCUT2D eigenvalue weighted by Gasteiger charge is -2.46. The average Bonchev–Trinajstić information content (AvgIpc) is 3.32. The molecule has 0 saturated carbocycles. The van der Waals surface area contributed by atoms with Gasteiger partial charge in [-0.15, -0.1) is 0 Å². The molecule has 0 spiro atoms. The summed E-state index contributed by atoms with van der Waals surface area (Å²) in [5.41, 5.74) is 0.970. The Bertz CT molecular complexity index is 2290. The summed E-state index contributed by atoms with van der Waals surface area (Å²) in [7, 11) is 2.78. The van der Waals surface area contributed by atoms with E-state index in [4.69, 9.17) is 57.1 Å². The largest absolute Gasteiger partial charge is 0.497 e. The molecule has 0 radical (unpaired) electrons. The maximum Gasteiger partial charge on any atom is 0.338 e. The minimum Gasteiger partial charge on any atom is -0.497 e. The lowest BCUT2D eigenvalue weighted by atomic mass is 9.96. The molecule has 2 aliphatic rings. The van der Waals surface area contributed by atoms with Crippen LogP contribution in [0.15, 0.2) is 120 Å². The van der Waals surface area contributed by atoms with Crippen LogP contribution >= 0.6 is 0 Å². The highest BCUT2D eigenvalue weighted by Gasteiger charge is 2.55. The molecule has 10 atom stereocenters. The molecule has 2 fully saturated rings. The Balaban J connectivity index is 1.41. The van der Waals surface area contributed by atoms with Crippen molar-refractivity contribution >= 4 is 42.0 Å². The summed E-state index contributed by atoms with van der Waals surface area (Å²) in [4.78, 5) is 83.5. The molecular formula is C48H49NO17. The molecule has 4 aromatic carbocycles. The fourth-order valence-corrected chi connectivity index (χ4v) is 7.13. The second-order valence-electron chi connectivity index (χ2n) is 14.9. The number of nitrogens with zero attached hydrogens (tertiary/aromatic N) is 1. The van der Waals surface area contributed by atoms with E-state index in [2.05, 4.69) is 0 Å². The minimum absolute atomic E-state index is 0.120. The Morgan fingerprint density at radius 1 is 0.515 bits per heavy atom. The van der Waals surface area contributed by atoms with Crippen LogP contribution in [-0.2, 0) is 61.8 Å². The van der Waals surface area contributed by atoms with E-state index in [1.54, 1.807) is 78.9 Å². The first-order chi connectivity index (χ1) is 31.8. The zero-order valence-electron chi connectivity index (χ0n) is 36.6. The van der Waals surface area contributed by atoms with Crippen molar-refractivity contribution < 1.29 is 80.9 Å². The average molecular weight is 912 g/mol. The molecule has 2 saturated heterocycles. The second kappa shape index (κ2) is 23.3. The number of carbonyl (C=O) groups excluding carboxylic acids is 6. The quantitative estimate of drug-likeness (QED) is 0.0797. The Morgan fingerprint density at radius 2 is 0.970 bits per heavy atom. The lowest BCUT2D eigenvalue weighted by Crippen LogP contribution is -2.64. The van der Waals surface area contributed by atoms with Crippen molar-refractivity contribution in [2.75, 3.05) is 27.4 Å². The number of hydrogen-bond donors (Lipinski definition) is 0. The number of esters is 6. The van der Waals surface area contributed by atoms with E-state index in [1.807, 2.05) is 0 Å². The van der Waals surface area contributed by atoms with Crippen LogP contribution < -0.4 is 4.74 Å². The summed E-state index contributed by atoms with van der Waals surface area (Å²) in [6.07, 6.45) is -11.7. The molecule has 66 heavy (non-hydrogen) atoms. The first-order valence-corrected chi connectivity index (χ1v) is 20.7. The van der Waals surface area contributed by atoms with Gasteiger partial charge in [0.1, 0.15) is 30.6 Å². The molecule has 2 heterocycles. The second-order valence-corrected chi connectivity index (χ2v) is 14.9. The molecule has 348 valence electrons. The third-order valence-corrected chi connectivity index (χ3v) is 10.2. The van der Waals surface area contributed by atoms with E-state index < -0.39 is 110 Å². The van der Waals surface area contributed by atoms with Crippen LogP contribution in [0, 0.1) is 0 Å². The predicted octanol–water partition coefficient (Wildman–Crippen LogP) is 4.70. The standard InChI is InChI=1S/C48H49NO17/c1-28(50)58-26-36-39(60-29(2)51)41(61-30(3)52)38(49-25-31-21-23-35(56-4)24-22-31)47(62-36)59-27-37-40(64-44(53)32-15-9-6-10-16-32)42(65-45(54)33-17-11-7-12-18-33)43(48(57-5)63-37)66-46(55)34-19-13-8-14-20-34/h6-25,36-43,47-48H,26-27H2,1-5H3/t36-,37-,38-,39-,40-,41-,42+,43-,47+,48+/m1/s1. The smallest absolute Gasteiger partial charge is 0.338 e. The third kappa shape index (κ3) is 12.8. The zero-order valence-corrected chi connectivity index (χ0v) is 36.6. The predicted molar refractivity (Wildman–Crippen MR) is 229 cm³/mol. The van der Waals surface area contributed by atoms with Gasteiger partial charge in [-0.1, -0.05) is 54.6 Å². The van der Waals surface area contributed by atoms with Gasteiger partial charge in [-0.05, 0) is 66.2 Å². The summed E-state index contributed by atoms with van der Waals surface area (Å²) < 4.78 is 65.1. The summed E-state index contributed by atoms with van der Waals surface area (Å²) in [5.74, 6) is -4.23. The van der Waals surface area contributed by atoms with Crippen molar-refractivity contribution in [2.24, 2.45) is 4.99 Å². The Hall–Kier alpha value is -6.99. The van der Waals surface area contributed by atoms with Crippen LogP contribution in [-0.4, -0.2) is 131 Å². The zero-order chi connectivity index (χ0) is 47.2. The molecule has 0 unspecified atom stereocenters. The van der Waals surface area contributed by atoms with Gasteiger partial charge in [0.2, 0.25) is 0 Å². The van der Waals surface area contributed by atoms with Crippen LogP contribution in [0.25, 0.3) is 0 Å². The van der Waals surface area contributed by atoms with Gasteiger partial charge in [-0.2, -0.15) is 0 Å². The molecule has 0 N–H and O–H groups in total. The number of carbonyl (C=O) groups is 6. The molecule has 18 heteroatoms. The number of rotatable bonds is 17. The summed E-state index contributed by atoms with van der Waals surface area (Å²) >= 11 is 0. The molecule has 0 aromatic heterocycles. The number of ether oxygens (including phenoxy) is 11. The van der Waals surface area contributed by atoms with E-state index in [-0.39, 0.29) is 16.7 Å². The van der Waals surface area contributed by atoms with Gasteiger partial charge in [0.25, 0.3) is 0 Å². The van der Waals surface area contributed by atoms with Gasteiger partial charge in [0.05, 0.1) is 30.4 Å². The van der Waals surface area contributed by atoms with Gasteiger partial charge in [0.15, 0.2) is 43.1 Å². The molecule has 0 amide bonds. The van der Waals surface area contributed by atoms with Crippen LogP contribution in [0.4, 0.5) is 0 Å². The number of aliphatic imine (C=N–C) groups is 1. The number of benzene rings is 4. The summed E-state index contributed by atoms with van der Waals surface area (Å²) in [5, 5.41) is 0. The highest BCUT2D eigenvalue weighted by molar-refractivity contribution is 5.91. The van der Waals surface area contributed by atoms with Crippen LogP contribution in [0.5, 0.6) is 5.75 Å². The van der Waals surface area contributed by atoms with E-state index in [1.165, 1.54) is 56.8 Å². The molecule has 4 aromatic rings. The van der Waals surface area contributed by atoms with Crippen molar-refractivity contribution in [2.45, 2.75) is 82.1 Å². The normalized spacial score (nSPS) is 24.9. The molecule has 0 aliphatic carbocycles. The van der Waals surface area contributed by atoms with Gasteiger partial charge in [-0.3, -0.25) is 19.4 Å². The maximum atomic E-state index is 13.9. The van der Waals surface area contributed by atoms with E-state index in [9.17, 15) is 28.8 Å². The van der Waals surface area contributed by atoms with E-state index >= 15 is 0 Å². The highest BCUT2D eigenvalue weighted by atomic mass is 16.7. The minimum atomic E-state index is -1.61. The van der Waals surface area contributed by atoms with Crippen LogP contribution in [0.2, 0.25) is 0 Å². The van der Waals surface area contributed by atoms with Crippen LogP contribution in [0.1, 0.15) is 57.4 Å². The molecule has 6 rings (SSSR count). The van der Waals surface area contributed by atoms with Crippen molar-refractivity contribution in [3.05, 3.63) is 138 Å². The molecular weight excluding hydrogens is 863 g/mol. The fourth-order valence-electron chi connectivity index (χ4n) is 7.13. The monoisotopic (exact) mass is 911 g/mol. The molecule has 18 nitrogen and oxygen atoms in total. The summed E-state index contributed by atoms with van der Waals surface area (Å²) in [6.45, 7) is 2.41. The molecule has 0 bridgehead atoms. The first-order valence-electron chi connectivity index (χ1n) is 20.7. The number of methoxy groups -OCH3 is 2. The fraction of sp³-hybridized carbons (Fsp3) is 0.354. The lowest BCUT2D eigenvalue weighted by molar-refractivity contribution is -0.313.